The van der Waals surface area contributed by atoms with Crippen LogP contribution in [0.2, 0.25) is 0 Å². The lowest BCUT2D eigenvalue weighted by Gasteiger charge is -2.10. The van der Waals surface area contributed by atoms with Crippen LogP contribution >= 0.6 is 23.2 Å². The van der Waals surface area contributed by atoms with Gasteiger partial charge in [0.15, 0.2) is 0 Å². The second kappa shape index (κ2) is 3.28. The monoisotopic (exact) mass is 162 g/mol. The largest absolute Gasteiger partial charge is 0.126 e. The van der Waals surface area contributed by atoms with Crippen molar-refractivity contribution in [1.82, 2.24) is 0 Å². The predicted molar refractivity (Wildman–Crippen MR) is 41.9 cm³/mol. The standard InChI is InChI=1S/C7H8Cl2/c8-5-6-2-1-3-7(9)4-6/h1-3,6H,4-5H2. The first-order valence-corrected chi connectivity index (χ1v) is 3.83. The van der Waals surface area contributed by atoms with E-state index in [0.717, 1.165) is 11.5 Å². The van der Waals surface area contributed by atoms with Gasteiger partial charge in [-0.3, -0.25) is 0 Å². The topological polar surface area (TPSA) is 0 Å². The smallest absolute Gasteiger partial charge is 0.0289 e. The van der Waals surface area contributed by atoms with Crippen molar-refractivity contribution in [2.75, 3.05) is 5.88 Å². The molecule has 1 rings (SSSR count). The van der Waals surface area contributed by atoms with E-state index in [2.05, 4.69) is 6.08 Å². The van der Waals surface area contributed by atoms with E-state index in [1.54, 1.807) is 0 Å². The summed E-state index contributed by atoms with van der Waals surface area (Å²) in [7, 11) is 0. The third-order valence-electron chi connectivity index (χ3n) is 1.32. The highest BCUT2D eigenvalue weighted by Crippen LogP contribution is 2.21. The molecule has 0 N–H and O–H groups in total. The van der Waals surface area contributed by atoms with Crippen molar-refractivity contribution in [2.24, 2.45) is 5.92 Å². The molecule has 0 aromatic carbocycles. The molecule has 1 unspecified atom stereocenters. The van der Waals surface area contributed by atoms with Crippen molar-refractivity contribution in [3.05, 3.63) is 23.3 Å². The summed E-state index contributed by atoms with van der Waals surface area (Å²) in [6, 6.07) is 0. The zero-order valence-corrected chi connectivity index (χ0v) is 6.49. The van der Waals surface area contributed by atoms with Gasteiger partial charge in [0, 0.05) is 10.9 Å². The Balaban J connectivity index is 2.51. The van der Waals surface area contributed by atoms with Crippen LogP contribution in [0.15, 0.2) is 23.3 Å². The first-order chi connectivity index (χ1) is 4.33. The van der Waals surface area contributed by atoms with Gasteiger partial charge in [-0.1, -0.05) is 23.8 Å². The molecular weight excluding hydrogens is 155 g/mol. The van der Waals surface area contributed by atoms with Crippen LogP contribution in [0, 0.1) is 5.92 Å². The van der Waals surface area contributed by atoms with Crippen LogP contribution in [0.1, 0.15) is 6.42 Å². The molecule has 0 aromatic rings. The minimum absolute atomic E-state index is 0.448. The summed E-state index contributed by atoms with van der Waals surface area (Å²) in [5.74, 6) is 1.12. The Morgan fingerprint density at radius 3 is 2.89 bits per heavy atom. The summed E-state index contributed by atoms with van der Waals surface area (Å²) in [5, 5.41) is 0.906. The van der Waals surface area contributed by atoms with Gasteiger partial charge in [0.2, 0.25) is 0 Å². The minimum Gasteiger partial charge on any atom is -0.126 e. The lowest BCUT2D eigenvalue weighted by atomic mass is 10.0. The fourth-order valence-corrected chi connectivity index (χ4v) is 1.29. The number of alkyl halides is 1. The van der Waals surface area contributed by atoms with Crippen molar-refractivity contribution >= 4 is 23.2 Å². The highest BCUT2D eigenvalue weighted by atomic mass is 35.5. The van der Waals surface area contributed by atoms with Crippen molar-refractivity contribution < 1.29 is 0 Å². The zero-order valence-electron chi connectivity index (χ0n) is 4.98. The maximum Gasteiger partial charge on any atom is 0.0289 e. The summed E-state index contributed by atoms with van der Waals surface area (Å²) < 4.78 is 0. The van der Waals surface area contributed by atoms with E-state index in [9.17, 15) is 0 Å². The molecule has 2 heteroatoms. The Bertz CT molecular complexity index is 147. The third-order valence-corrected chi connectivity index (χ3v) is 1.99. The van der Waals surface area contributed by atoms with Crippen molar-refractivity contribution in [1.29, 1.82) is 0 Å². The molecule has 0 heterocycles. The molecule has 0 radical (unpaired) electrons. The van der Waals surface area contributed by atoms with E-state index >= 15 is 0 Å². The van der Waals surface area contributed by atoms with Crippen molar-refractivity contribution in [3.8, 4) is 0 Å². The maximum absolute atomic E-state index is 5.74. The summed E-state index contributed by atoms with van der Waals surface area (Å²) in [6.45, 7) is 0. The van der Waals surface area contributed by atoms with Crippen LogP contribution in [0.25, 0.3) is 0 Å². The molecule has 0 nitrogen and oxygen atoms in total. The molecule has 50 valence electrons. The molecule has 0 saturated carbocycles. The summed E-state index contributed by atoms with van der Waals surface area (Å²) >= 11 is 11.3. The molecule has 9 heavy (non-hydrogen) atoms. The van der Waals surface area contributed by atoms with E-state index in [4.69, 9.17) is 23.2 Å². The number of hydrogen-bond acceptors (Lipinski definition) is 0. The van der Waals surface area contributed by atoms with Gasteiger partial charge in [0.1, 0.15) is 0 Å². The highest BCUT2D eigenvalue weighted by molar-refractivity contribution is 6.29. The molecule has 1 aliphatic rings. The van der Waals surface area contributed by atoms with Gasteiger partial charge >= 0.3 is 0 Å². The zero-order chi connectivity index (χ0) is 6.69. The normalized spacial score (nSPS) is 26.0. The van der Waals surface area contributed by atoms with Crippen LogP contribution in [0.5, 0.6) is 0 Å². The Kier molecular flexibility index (Phi) is 2.62. The van der Waals surface area contributed by atoms with Crippen molar-refractivity contribution in [3.63, 3.8) is 0 Å². The van der Waals surface area contributed by atoms with Crippen LogP contribution in [-0.2, 0) is 0 Å². The van der Waals surface area contributed by atoms with Gasteiger partial charge in [-0.2, -0.15) is 0 Å². The third kappa shape index (κ3) is 2.04. The highest BCUT2D eigenvalue weighted by Gasteiger charge is 2.07. The predicted octanol–water partition coefficient (Wildman–Crippen LogP) is 2.92. The number of allylic oxidation sites excluding steroid dienone is 4. The van der Waals surface area contributed by atoms with E-state index < -0.39 is 0 Å². The molecule has 1 atom stereocenters. The molecule has 1 aliphatic carbocycles. The molecule has 0 bridgehead atoms. The second-order valence-electron chi connectivity index (χ2n) is 2.12. The first kappa shape index (κ1) is 7.17. The lowest BCUT2D eigenvalue weighted by molar-refractivity contribution is 0.736. The molecule has 0 spiro atoms. The van der Waals surface area contributed by atoms with Gasteiger partial charge in [-0.05, 0) is 18.4 Å². The van der Waals surface area contributed by atoms with Gasteiger partial charge in [0.25, 0.3) is 0 Å². The van der Waals surface area contributed by atoms with Gasteiger partial charge in [-0.25, -0.2) is 0 Å². The van der Waals surface area contributed by atoms with Crippen molar-refractivity contribution in [2.45, 2.75) is 6.42 Å². The second-order valence-corrected chi connectivity index (χ2v) is 2.91. The summed E-state index contributed by atoms with van der Waals surface area (Å²) in [6.07, 6.45) is 6.85. The Morgan fingerprint density at radius 2 is 2.44 bits per heavy atom. The number of rotatable bonds is 1. The van der Waals surface area contributed by atoms with Crippen LogP contribution < -0.4 is 0 Å². The van der Waals surface area contributed by atoms with E-state index in [-0.39, 0.29) is 0 Å². The quantitative estimate of drug-likeness (QED) is 0.521. The van der Waals surface area contributed by atoms with Crippen LogP contribution in [-0.4, -0.2) is 5.88 Å². The number of hydrogen-bond donors (Lipinski definition) is 0. The number of halogens is 2. The average molecular weight is 163 g/mol. The molecule has 0 amide bonds. The molecule has 0 fully saturated rings. The summed E-state index contributed by atoms with van der Waals surface area (Å²) in [5.41, 5.74) is 0. The fraction of sp³-hybridized carbons (Fsp3) is 0.429. The Morgan fingerprint density at radius 1 is 1.67 bits per heavy atom. The van der Waals surface area contributed by atoms with Gasteiger partial charge in [-0.15, -0.1) is 11.6 Å². The van der Waals surface area contributed by atoms with E-state index in [1.165, 1.54) is 0 Å². The summed E-state index contributed by atoms with van der Waals surface area (Å²) in [4.78, 5) is 0. The Hall–Kier alpha value is 0.0600. The maximum atomic E-state index is 5.74. The van der Waals surface area contributed by atoms with Crippen LogP contribution in [0.4, 0.5) is 0 Å². The van der Waals surface area contributed by atoms with Gasteiger partial charge < -0.3 is 0 Å². The molecule has 0 aliphatic heterocycles. The molecule has 0 aromatic heterocycles. The molecular formula is C7H8Cl2. The molecule has 0 saturated heterocycles. The Labute approximate surface area is 65.2 Å². The fourth-order valence-electron chi connectivity index (χ4n) is 0.810. The minimum atomic E-state index is 0.448. The first-order valence-electron chi connectivity index (χ1n) is 2.91. The SMILES string of the molecule is ClCC1C=CC=C(Cl)C1. The van der Waals surface area contributed by atoms with E-state index in [1.807, 2.05) is 12.2 Å². The van der Waals surface area contributed by atoms with Gasteiger partial charge in [0.05, 0.1) is 0 Å². The van der Waals surface area contributed by atoms with Crippen LogP contribution in [0.3, 0.4) is 0 Å². The average Bonchev–Trinajstić information content (AvgIpc) is 1.88. The van der Waals surface area contributed by atoms with E-state index in [0.29, 0.717) is 11.8 Å². The lowest BCUT2D eigenvalue weighted by Crippen LogP contribution is -2.00.